The van der Waals surface area contributed by atoms with Crippen LogP contribution >= 0.6 is 0 Å². The molecule has 1 aromatic heterocycles. The molecule has 2 atom stereocenters. The number of aromatic nitrogens is 1. The highest BCUT2D eigenvalue weighted by Gasteiger charge is 2.29. The zero-order valence-corrected chi connectivity index (χ0v) is 12.5. The Morgan fingerprint density at radius 1 is 1.32 bits per heavy atom. The van der Waals surface area contributed by atoms with E-state index >= 15 is 0 Å². The van der Waals surface area contributed by atoms with Crippen molar-refractivity contribution in [2.75, 3.05) is 6.54 Å². The Hall–Kier alpha value is -0.890. The minimum absolute atomic E-state index is 0.623. The van der Waals surface area contributed by atoms with Gasteiger partial charge in [0, 0.05) is 23.9 Å². The van der Waals surface area contributed by atoms with Crippen molar-refractivity contribution in [1.82, 2.24) is 10.3 Å². The zero-order valence-electron chi connectivity index (χ0n) is 12.5. The molecule has 19 heavy (non-hydrogen) atoms. The summed E-state index contributed by atoms with van der Waals surface area (Å²) in [4.78, 5) is 4.65. The van der Waals surface area contributed by atoms with Crippen LogP contribution in [0.1, 0.15) is 69.5 Å². The van der Waals surface area contributed by atoms with E-state index in [0.717, 1.165) is 6.54 Å². The summed E-state index contributed by atoms with van der Waals surface area (Å²) >= 11 is 0. The van der Waals surface area contributed by atoms with Crippen LogP contribution in [0.15, 0.2) is 18.3 Å². The zero-order chi connectivity index (χ0) is 13.5. The monoisotopic (exact) mass is 260 g/mol. The third kappa shape index (κ3) is 3.79. The maximum atomic E-state index is 4.65. The van der Waals surface area contributed by atoms with Crippen molar-refractivity contribution in [3.63, 3.8) is 0 Å². The third-order valence-electron chi connectivity index (χ3n) is 4.32. The number of likely N-dealkylation sites (N-methyl/N-ethyl adjacent to an activating group) is 1. The maximum absolute atomic E-state index is 4.65. The second-order valence-electron chi connectivity index (χ2n) is 5.71. The number of nitrogens with zero attached hydrogens (tertiary/aromatic N) is 1. The molecule has 0 fully saturated rings. The van der Waals surface area contributed by atoms with Gasteiger partial charge in [-0.05, 0) is 37.4 Å². The summed E-state index contributed by atoms with van der Waals surface area (Å²) in [6.45, 7) is 5.56. The van der Waals surface area contributed by atoms with Crippen molar-refractivity contribution in [1.29, 1.82) is 0 Å². The Labute approximate surface area is 118 Å². The predicted octanol–water partition coefficient (Wildman–Crippen LogP) is 4.06. The number of hydrogen-bond acceptors (Lipinski definition) is 2. The lowest BCUT2D eigenvalue weighted by Gasteiger charge is -2.24. The number of nitrogens with one attached hydrogen (secondary N) is 1. The highest BCUT2D eigenvalue weighted by Crippen LogP contribution is 2.35. The van der Waals surface area contributed by atoms with E-state index in [2.05, 4.69) is 36.3 Å². The number of unbranched alkanes of at least 4 members (excludes halogenated alkanes) is 3. The van der Waals surface area contributed by atoms with E-state index in [9.17, 15) is 0 Å². The van der Waals surface area contributed by atoms with E-state index in [1.54, 1.807) is 0 Å². The van der Waals surface area contributed by atoms with Gasteiger partial charge < -0.3 is 5.32 Å². The van der Waals surface area contributed by atoms with Crippen molar-refractivity contribution < 1.29 is 0 Å². The van der Waals surface area contributed by atoms with Crippen molar-refractivity contribution in [2.45, 2.75) is 70.8 Å². The van der Waals surface area contributed by atoms with Gasteiger partial charge in [-0.2, -0.15) is 0 Å². The SMILES string of the molecule is CCCCCCC(NCC)C1CCc2cccnc21. The lowest BCUT2D eigenvalue weighted by Crippen LogP contribution is -2.34. The first-order valence-corrected chi connectivity index (χ1v) is 8.04. The first-order valence-electron chi connectivity index (χ1n) is 8.04. The average Bonchev–Trinajstić information content (AvgIpc) is 2.86. The Morgan fingerprint density at radius 3 is 3.00 bits per heavy atom. The van der Waals surface area contributed by atoms with Crippen LogP contribution in [0.3, 0.4) is 0 Å². The van der Waals surface area contributed by atoms with Gasteiger partial charge in [0.25, 0.3) is 0 Å². The summed E-state index contributed by atoms with van der Waals surface area (Å²) in [6, 6.07) is 4.95. The van der Waals surface area contributed by atoms with Gasteiger partial charge in [-0.25, -0.2) is 0 Å². The average molecular weight is 260 g/mol. The summed E-state index contributed by atoms with van der Waals surface area (Å²) in [5.41, 5.74) is 2.84. The fourth-order valence-electron chi connectivity index (χ4n) is 3.33. The van der Waals surface area contributed by atoms with Crippen LogP contribution in [0.25, 0.3) is 0 Å². The smallest absolute Gasteiger partial charge is 0.0482 e. The molecule has 2 unspecified atom stereocenters. The molecule has 1 heterocycles. The molecule has 106 valence electrons. The molecule has 0 radical (unpaired) electrons. The van der Waals surface area contributed by atoms with Gasteiger partial charge in [0.2, 0.25) is 0 Å². The predicted molar refractivity (Wildman–Crippen MR) is 81.5 cm³/mol. The van der Waals surface area contributed by atoms with E-state index in [-0.39, 0.29) is 0 Å². The lowest BCUT2D eigenvalue weighted by atomic mass is 9.92. The number of hydrogen-bond donors (Lipinski definition) is 1. The van der Waals surface area contributed by atoms with Crippen LogP contribution in [-0.2, 0) is 6.42 Å². The van der Waals surface area contributed by atoms with Gasteiger partial charge in [-0.1, -0.05) is 45.6 Å². The molecule has 1 aliphatic carbocycles. The molecule has 1 N–H and O–H groups in total. The Balaban J connectivity index is 1.96. The number of rotatable bonds is 8. The summed E-state index contributed by atoms with van der Waals surface area (Å²) in [7, 11) is 0. The molecule has 0 saturated carbocycles. The van der Waals surface area contributed by atoms with Crippen molar-refractivity contribution in [3.05, 3.63) is 29.6 Å². The second kappa shape index (κ2) is 7.64. The molecule has 0 aliphatic heterocycles. The number of aryl methyl sites for hydroxylation is 1. The Morgan fingerprint density at radius 2 is 2.21 bits per heavy atom. The molecule has 0 amide bonds. The topological polar surface area (TPSA) is 24.9 Å². The molecule has 0 aromatic carbocycles. The van der Waals surface area contributed by atoms with Crippen molar-refractivity contribution >= 4 is 0 Å². The fourth-order valence-corrected chi connectivity index (χ4v) is 3.33. The Bertz CT molecular complexity index is 375. The first kappa shape index (κ1) is 14.5. The Kier molecular flexibility index (Phi) is 5.84. The van der Waals surface area contributed by atoms with Gasteiger partial charge in [0.1, 0.15) is 0 Å². The summed E-state index contributed by atoms with van der Waals surface area (Å²) in [5, 5.41) is 3.70. The van der Waals surface area contributed by atoms with E-state index in [1.165, 1.54) is 56.2 Å². The van der Waals surface area contributed by atoms with Crippen LogP contribution in [0.5, 0.6) is 0 Å². The van der Waals surface area contributed by atoms with Gasteiger partial charge in [-0.3, -0.25) is 4.98 Å². The van der Waals surface area contributed by atoms with Gasteiger partial charge in [-0.15, -0.1) is 0 Å². The minimum Gasteiger partial charge on any atom is -0.314 e. The minimum atomic E-state index is 0.623. The summed E-state index contributed by atoms with van der Waals surface area (Å²) < 4.78 is 0. The standard InChI is InChI=1S/C17H28N2/c1-3-5-6-7-10-16(18-4-2)15-12-11-14-9-8-13-19-17(14)15/h8-9,13,15-16,18H,3-7,10-12H2,1-2H3. The largest absolute Gasteiger partial charge is 0.314 e. The van der Waals surface area contributed by atoms with Crippen molar-refractivity contribution in [3.8, 4) is 0 Å². The molecule has 0 spiro atoms. The normalized spacial score (nSPS) is 19.4. The highest BCUT2D eigenvalue weighted by molar-refractivity contribution is 5.29. The van der Waals surface area contributed by atoms with Crippen LogP contribution in [0.4, 0.5) is 0 Å². The lowest BCUT2D eigenvalue weighted by molar-refractivity contribution is 0.393. The van der Waals surface area contributed by atoms with E-state index in [4.69, 9.17) is 0 Å². The fraction of sp³-hybridized carbons (Fsp3) is 0.706. The molecule has 1 aliphatic rings. The van der Waals surface area contributed by atoms with Crippen LogP contribution in [-0.4, -0.2) is 17.6 Å². The molecular formula is C17H28N2. The van der Waals surface area contributed by atoms with Gasteiger partial charge >= 0.3 is 0 Å². The van der Waals surface area contributed by atoms with E-state index < -0.39 is 0 Å². The molecule has 2 heteroatoms. The van der Waals surface area contributed by atoms with Crippen LogP contribution < -0.4 is 5.32 Å². The highest BCUT2D eigenvalue weighted by atomic mass is 14.9. The van der Waals surface area contributed by atoms with Gasteiger partial charge in [0.05, 0.1) is 0 Å². The molecule has 0 bridgehead atoms. The number of fused-ring (bicyclic) bond motifs is 1. The molecular weight excluding hydrogens is 232 g/mol. The van der Waals surface area contributed by atoms with E-state index in [0.29, 0.717) is 12.0 Å². The number of pyridine rings is 1. The molecule has 0 saturated heterocycles. The van der Waals surface area contributed by atoms with Gasteiger partial charge in [0.15, 0.2) is 0 Å². The third-order valence-corrected chi connectivity index (χ3v) is 4.32. The van der Waals surface area contributed by atoms with Crippen LogP contribution in [0.2, 0.25) is 0 Å². The molecule has 2 rings (SSSR count). The van der Waals surface area contributed by atoms with Crippen LogP contribution in [0, 0.1) is 0 Å². The quantitative estimate of drug-likeness (QED) is 0.713. The second-order valence-corrected chi connectivity index (χ2v) is 5.71. The maximum Gasteiger partial charge on any atom is 0.0482 e. The molecule has 1 aromatic rings. The van der Waals surface area contributed by atoms with Crippen molar-refractivity contribution in [2.24, 2.45) is 0 Å². The summed E-state index contributed by atoms with van der Waals surface area (Å²) in [6.07, 6.45) is 11.2. The summed E-state index contributed by atoms with van der Waals surface area (Å²) in [5.74, 6) is 0.637. The first-order chi connectivity index (χ1) is 9.36. The molecule has 2 nitrogen and oxygen atoms in total. The van der Waals surface area contributed by atoms with E-state index in [1.807, 2.05) is 6.20 Å².